The second-order valence-corrected chi connectivity index (χ2v) is 8.11. The van der Waals surface area contributed by atoms with Gasteiger partial charge in [0.2, 0.25) is 5.91 Å². The predicted octanol–water partition coefficient (Wildman–Crippen LogP) is 4.49. The van der Waals surface area contributed by atoms with Gasteiger partial charge in [0.05, 0.1) is 29.0 Å². The van der Waals surface area contributed by atoms with Crippen molar-refractivity contribution < 1.29 is 13.9 Å². The minimum atomic E-state index is -0.295. The molecular formula is C21H20FN3O2S. The van der Waals surface area contributed by atoms with Crippen molar-refractivity contribution in [1.82, 2.24) is 9.78 Å². The second kappa shape index (κ2) is 7.31. The fourth-order valence-electron chi connectivity index (χ4n) is 3.35. The van der Waals surface area contributed by atoms with Crippen LogP contribution in [0, 0.1) is 12.7 Å². The van der Waals surface area contributed by atoms with Crippen molar-refractivity contribution in [3.63, 3.8) is 0 Å². The van der Waals surface area contributed by atoms with Gasteiger partial charge in [0.15, 0.2) is 0 Å². The van der Waals surface area contributed by atoms with E-state index in [2.05, 4.69) is 10.4 Å². The van der Waals surface area contributed by atoms with Gasteiger partial charge >= 0.3 is 0 Å². The highest BCUT2D eigenvalue weighted by atomic mass is 32.2. The molecule has 4 rings (SSSR count). The van der Waals surface area contributed by atoms with Crippen molar-refractivity contribution in [3.05, 3.63) is 71.2 Å². The molecule has 0 radical (unpaired) electrons. The Labute approximate surface area is 166 Å². The quantitative estimate of drug-likeness (QED) is 0.707. The lowest BCUT2D eigenvalue weighted by molar-refractivity contribution is -0.115. The normalized spacial score (nSPS) is 18.9. The lowest BCUT2D eigenvalue weighted by Crippen LogP contribution is -2.22. The van der Waals surface area contributed by atoms with Gasteiger partial charge in [0, 0.05) is 5.56 Å². The molecule has 3 aromatic rings. The Bertz CT molecular complexity index is 1030. The van der Waals surface area contributed by atoms with Crippen molar-refractivity contribution in [3.8, 4) is 11.4 Å². The van der Waals surface area contributed by atoms with E-state index in [0.29, 0.717) is 5.82 Å². The number of benzene rings is 2. The van der Waals surface area contributed by atoms with Gasteiger partial charge < -0.3 is 10.1 Å². The third-order valence-corrected chi connectivity index (χ3v) is 6.19. The first-order valence-corrected chi connectivity index (χ1v) is 9.88. The smallest absolute Gasteiger partial charge is 0.238 e. The fourth-order valence-corrected chi connectivity index (χ4v) is 4.66. The van der Waals surface area contributed by atoms with E-state index < -0.39 is 0 Å². The first-order chi connectivity index (χ1) is 13.5. The molecule has 2 atom stereocenters. The van der Waals surface area contributed by atoms with Crippen LogP contribution in [0.3, 0.4) is 0 Å². The van der Waals surface area contributed by atoms with Gasteiger partial charge in [-0.1, -0.05) is 12.1 Å². The Balaban J connectivity index is 1.88. The van der Waals surface area contributed by atoms with Gasteiger partial charge in [-0.2, -0.15) is 5.10 Å². The van der Waals surface area contributed by atoms with Crippen LogP contribution < -0.4 is 10.1 Å². The summed E-state index contributed by atoms with van der Waals surface area (Å²) in [5.41, 5.74) is 3.31. The molecule has 7 heteroatoms. The van der Waals surface area contributed by atoms with Gasteiger partial charge in [0.25, 0.3) is 0 Å². The van der Waals surface area contributed by atoms with Crippen molar-refractivity contribution >= 4 is 23.5 Å². The number of aromatic nitrogens is 2. The number of hydrogen-bond donors (Lipinski definition) is 1. The molecule has 1 aliphatic rings. The maximum absolute atomic E-state index is 13.9. The van der Waals surface area contributed by atoms with Crippen LogP contribution in [0.15, 0.2) is 48.5 Å². The number of fused-ring (bicyclic) bond motifs is 1. The minimum absolute atomic E-state index is 0.0974. The van der Waals surface area contributed by atoms with Crippen LogP contribution in [-0.2, 0) is 4.79 Å². The highest BCUT2D eigenvalue weighted by Gasteiger charge is 2.34. The molecule has 0 saturated heterocycles. The number of aryl methyl sites for hydroxylation is 1. The van der Waals surface area contributed by atoms with Crippen LogP contribution >= 0.6 is 11.8 Å². The zero-order chi connectivity index (χ0) is 19.8. The summed E-state index contributed by atoms with van der Waals surface area (Å²) in [7, 11) is 1.61. The molecule has 144 valence electrons. The number of ether oxygens (including phenoxy) is 1. The Morgan fingerprint density at radius 2 is 1.96 bits per heavy atom. The number of methoxy groups -OCH3 is 1. The van der Waals surface area contributed by atoms with Gasteiger partial charge in [-0.25, -0.2) is 9.07 Å². The molecule has 28 heavy (non-hydrogen) atoms. The van der Waals surface area contributed by atoms with Crippen molar-refractivity contribution in [1.29, 1.82) is 0 Å². The first-order valence-electron chi connectivity index (χ1n) is 8.93. The number of halogens is 1. The lowest BCUT2D eigenvalue weighted by atomic mass is 10.0. The number of amides is 1. The van der Waals surface area contributed by atoms with E-state index in [-0.39, 0.29) is 22.2 Å². The number of carbonyl (C=O) groups is 1. The molecular weight excluding hydrogens is 377 g/mol. The van der Waals surface area contributed by atoms with Crippen LogP contribution in [0.2, 0.25) is 0 Å². The fraction of sp³-hybridized carbons (Fsp3) is 0.238. The van der Waals surface area contributed by atoms with Gasteiger partial charge in [-0.15, -0.1) is 11.8 Å². The number of carbonyl (C=O) groups excluding carboxylic acids is 1. The average molecular weight is 397 g/mol. The van der Waals surface area contributed by atoms with Gasteiger partial charge in [0.1, 0.15) is 17.4 Å². The maximum atomic E-state index is 13.9. The van der Waals surface area contributed by atoms with E-state index in [1.807, 2.05) is 44.2 Å². The average Bonchev–Trinajstić information content (AvgIpc) is 2.94. The zero-order valence-corrected chi connectivity index (χ0v) is 16.6. The summed E-state index contributed by atoms with van der Waals surface area (Å²) in [6.45, 7) is 3.77. The van der Waals surface area contributed by atoms with E-state index >= 15 is 0 Å². The van der Waals surface area contributed by atoms with Crippen LogP contribution in [-0.4, -0.2) is 28.0 Å². The summed E-state index contributed by atoms with van der Waals surface area (Å²) in [5, 5.41) is 7.20. The molecule has 1 aliphatic heterocycles. The maximum Gasteiger partial charge on any atom is 0.238 e. The largest absolute Gasteiger partial charge is 0.497 e. The molecule has 5 nitrogen and oxygen atoms in total. The predicted molar refractivity (Wildman–Crippen MR) is 109 cm³/mol. The number of rotatable bonds is 3. The standard InChI is InChI=1S/C21H20FN3O2S/c1-12-18-19(14-5-4-6-15(22)11-14)28-13(2)21(26)23-20(18)25(24-12)16-7-9-17(27-3)10-8-16/h4-11,13,19H,1-3H3,(H,23,26)/t13-,19+/m0/s1. The Morgan fingerprint density at radius 1 is 1.21 bits per heavy atom. The molecule has 1 N–H and O–H groups in total. The summed E-state index contributed by atoms with van der Waals surface area (Å²) in [6, 6.07) is 14.0. The van der Waals surface area contributed by atoms with Crippen LogP contribution in [0.5, 0.6) is 5.75 Å². The summed E-state index contributed by atoms with van der Waals surface area (Å²) < 4.78 is 20.8. The zero-order valence-electron chi connectivity index (χ0n) is 15.8. The van der Waals surface area contributed by atoms with Crippen LogP contribution in [0.1, 0.15) is 29.0 Å². The van der Waals surface area contributed by atoms with E-state index in [4.69, 9.17) is 4.74 Å². The number of hydrogen-bond acceptors (Lipinski definition) is 4. The third-order valence-electron chi connectivity index (χ3n) is 4.79. The topological polar surface area (TPSA) is 56.1 Å². The van der Waals surface area contributed by atoms with Gasteiger partial charge in [-0.3, -0.25) is 4.79 Å². The first kappa shape index (κ1) is 18.6. The molecule has 0 saturated carbocycles. The number of nitrogens with one attached hydrogen (secondary N) is 1. The highest BCUT2D eigenvalue weighted by molar-refractivity contribution is 8.01. The number of anilines is 1. The second-order valence-electron chi connectivity index (χ2n) is 6.66. The van der Waals surface area contributed by atoms with Crippen LogP contribution in [0.25, 0.3) is 5.69 Å². The summed E-state index contributed by atoms with van der Waals surface area (Å²) in [6.07, 6.45) is 0. The highest BCUT2D eigenvalue weighted by Crippen LogP contribution is 2.46. The summed E-state index contributed by atoms with van der Waals surface area (Å²) >= 11 is 1.50. The van der Waals surface area contributed by atoms with E-state index in [1.54, 1.807) is 17.9 Å². The van der Waals surface area contributed by atoms with Gasteiger partial charge in [-0.05, 0) is 55.8 Å². The summed E-state index contributed by atoms with van der Waals surface area (Å²) in [5.74, 6) is 0.971. The molecule has 2 aromatic carbocycles. The number of nitrogens with zero attached hydrogens (tertiary/aromatic N) is 2. The van der Waals surface area contributed by atoms with Crippen molar-refractivity contribution in [2.45, 2.75) is 24.3 Å². The molecule has 1 aromatic heterocycles. The molecule has 0 aliphatic carbocycles. The Kier molecular flexibility index (Phi) is 4.85. The molecule has 1 amide bonds. The molecule has 2 heterocycles. The van der Waals surface area contributed by atoms with Crippen molar-refractivity contribution in [2.24, 2.45) is 0 Å². The third kappa shape index (κ3) is 3.26. The minimum Gasteiger partial charge on any atom is -0.497 e. The van der Waals surface area contributed by atoms with Crippen LogP contribution in [0.4, 0.5) is 10.2 Å². The molecule has 0 bridgehead atoms. The number of thioether (sulfide) groups is 1. The Hall–Kier alpha value is -2.80. The summed E-state index contributed by atoms with van der Waals surface area (Å²) in [4.78, 5) is 12.6. The SMILES string of the molecule is COc1ccc(-n2nc(C)c3c2NC(=O)[C@H](C)S[C@@H]3c2cccc(F)c2)cc1. The lowest BCUT2D eigenvalue weighted by Gasteiger charge is -2.17. The van der Waals surface area contributed by atoms with Crippen molar-refractivity contribution in [2.75, 3.05) is 12.4 Å². The Morgan fingerprint density at radius 3 is 2.64 bits per heavy atom. The molecule has 0 fully saturated rings. The molecule has 0 unspecified atom stereocenters. The van der Waals surface area contributed by atoms with E-state index in [9.17, 15) is 9.18 Å². The molecule has 0 spiro atoms. The van der Waals surface area contributed by atoms with E-state index in [1.165, 1.54) is 23.9 Å². The monoisotopic (exact) mass is 397 g/mol. The van der Waals surface area contributed by atoms with E-state index in [0.717, 1.165) is 28.3 Å².